The van der Waals surface area contributed by atoms with E-state index in [1.54, 1.807) is 0 Å². The Bertz CT molecular complexity index is 448. The summed E-state index contributed by atoms with van der Waals surface area (Å²) < 4.78 is 0. The molecular formula is C16H16. The van der Waals surface area contributed by atoms with Gasteiger partial charge in [-0.3, -0.25) is 0 Å². The maximum absolute atomic E-state index is 3.14. The largest absolute Gasteiger partial charge is 0.0876 e. The minimum Gasteiger partial charge on any atom is -0.0876 e. The average molecular weight is 208 g/mol. The van der Waals surface area contributed by atoms with Crippen LogP contribution in [0.15, 0.2) is 66.3 Å². The maximum atomic E-state index is 3.14. The minimum atomic E-state index is 1.02. The number of benzene rings is 1. The van der Waals surface area contributed by atoms with Gasteiger partial charge in [0.2, 0.25) is 0 Å². The SMILES string of the molecule is C\C=C/C=C(C#Cc1ccccc1)\C=C/C. The van der Waals surface area contributed by atoms with Gasteiger partial charge in [-0.25, -0.2) is 0 Å². The molecule has 0 unspecified atom stereocenters. The molecule has 1 aromatic carbocycles. The predicted octanol–water partition coefficient (Wildman–Crippen LogP) is 4.12. The normalized spacial score (nSPS) is 11.8. The van der Waals surface area contributed by atoms with Crippen molar-refractivity contribution in [3.8, 4) is 11.8 Å². The number of hydrogen-bond acceptors (Lipinski definition) is 0. The molecule has 0 saturated carbocycles. The molecule has 0 aliphatic heterocycles. The van der Waals surface area contributed by atoms with E-state index in [9.17, 15) is 0 Å². The van der Waals surface area contributed by atoms with Gasteiger partial charge in [-0.05, 0) is 32.1 Å². The molecule has 0 atom stereocenters. The Morgan fingerprint density at radius 1 is 1.06 bits per heavy atom. The van der Waals surface area contributed by atoms with Crippen molar-refractivity contribution in [3.63, 3.8) is 0 Å². The quantitative estimate of drug-likeness (QED) is 0.506. The number of allylic oxidation sites excluding steroid dienone is 6. The predicted molar refractivity (Wildman–Crippen MR) is 71.0 cm³/mol. The molecule has 0 radical (unpaired) electrons. The van der Waals surface area contributed by atoms with Crippen LogP contribution in [-0.4, -0.2) is 0 Å². The second kappa shape index (κ2) is 7.31. The van der Waals surface area contributed by atoms with Crippen molar-refractivity contribution in [1.29, 1.82) is 0 Å². The summed E-state index contributed by atoms with van der Waals surface area (Å²) in [4.78, 5) is 0. The zero-order valence-electron chi connectivity index (χ0n) is 9.77. The fourth-order valence-corrected chi connectivity index (χ4v) is 1.18. The molecule has 0 spiro atoms. The molecule has 0 nitrogen and oxygen atoms in total. The van der Waals surface area contributed by atoms with Crippen LogP contribution in [0.25, 0.3) is 0 Å². The minimum absolute atomic E-state index is 1.02. The van der Waals surface area contributed by atoms with Crippen molar-refractivity contribution < 1.29 is 0 Å². The first-order chi connectivity index (χ1) is 7.86. The van der Waals surface area contributed by atoms with Crippen molar-refractivity contribution >= 4 is 0 Å². The molecule has 0 aromatic heterocycles. The molecule has 0 N–H and O–H groups in total. The number of hydrogen-bond donors (Lipinski definition) is 0. The molecule has 0 heterocycles. The smallest absolute Gasteiger partial charge is 0.0249 e. The first kappa shape index (κ1) is 12.1. The second-order valence-electron chi connectivity index (χ2n) is 3.26. The van der Waals surface area contributed by atoms with Gasteiger partial charge in [0.25, 0.3) is 0 Å². The van der Waals surface area contributed by atoms with E-state index in [-0.39, 0.29) is 0 Å². The van der Waals surface area contributed by atoms with E-state index in [2.05, 4.69) is 11.8 Å². The summed E-state index contributed by atoms with van der Waals surface area (Å²) in [6.45, 7) is 3.99. The summed E-state index contributed by atoms with van der Waals surface area (Å²) in [6.07, 6.45) is 10.0. The fourth-order valence-electron chi connectivity index (χ4n) is 1.18. The Hall–Kier alpha value is -2.00. The lowest BCUT2D eigenvalue weighted by Crippen LogP contribution is -1.74. The zero-order chi connectivity index (χ0) is 11.6. The molecule has 0 heteroatoms. The van der Waals surface area contributed by atoms with Crippen LogP contribution in [0.4, 0.5) is 0 Å². The highest BCUT2D eigenvalue weighted by Gasteiger charge is 1.84. The lowest BCUT2D eigenvalue weighted by molar-refractivity contribution is 1.63. The van der Waals surface area contributed by atoms with Crippen LogP contribution in [-0.2, 0) is 0 Å². The van der Waals surface area contributed by atoms with Crippen LogP contribution in [0.5, 0.6) is 0 Å². The van der Waals surface area contributed by atoms with Crippen LogP contribution in [0, 0.1) is 11.8 Å². The van der Waals surface area contributed by atoms with Gasteiger partial charge in [0.15, 0.2) is 0 Å². The highest BCUT2D eigenvalue weighted by molar-refractivity contribution is 5.46. The van der Waals surface area contributed by atoms with Crippen molar-refractivity contribution in [2.45, 2.75) is 13.8 Å². The van der Waals surface area contributed by atoms with Crippen LogP contribution < -0.4 is 0 Å². The topological polar surface area (TPSA) is 0 Å². The first-order valence-corrected chi connectivity index (χ1v) is 5.39. The van der Waals surface area contributed by atoms with Crippen LogP contribution in [0.1, 0.15) is 19.4 Å². The van der Waals surface area contributed by atoms with Crippen LogP contribution in [0.2, 0.25) is 0 Å². The Balaban J connectivity index is 2.88. The Kier molecular flexibility index (Phi) is 5.52. The average Bonchev–Trinajstić information content (AvgIpc) is 2.34. The van der Waals surface area contributed by atoms with Gasteiger partial charge in [-0.2, -0.15) is 0 Å². The van der Waals surface area contributed by atoms with E-state index in [0.29, 0.717) is 0 Å². The monoisotopic (exact) mass is 208 g/mol. The van der Waals surface area contributed by atoms with Crippen molar-refractivity contribution in [2.24, 2.45) is 0 Å². The van der Waals surface area contributed by atoms with Gasteiger partial charge in [-0.15, -0.1) is 0 Å². The summed E-state index contributed by atoms with van der Waals surface area (Å²) in [6, 6.07) is 10.0. The third-order valence-corrected chi connectivity index (χ3v) is 1.94. The lowest BCUT2D eigenvalue weighted by Gasteiger charge is -1.89. The van der Waals surface area contributed by atoms with E-state index in [1.807, 2.05) is 74.6 Å². The van der Waals surface area contributed by atoms with Crippen molar-refractivity contribution in [2.75, 3.05) is 0 Å². The van der Waals surface area contributed by atoms with Crippen molar-refractivity contribution in [3.05, 3.63) is 71.8 Å². The number of rotatable bonds is 2. The molecule has 0 aliphatic rings. The zero-order valence-corrected chi connectivity index (χ0v) is 9.77. The first-order valence-electron chi connectivity index (χ1n) is 5.39. The molecule has 0 saturated heterocycles. The van der Waals surface area contributed by atoms with Gasteiger partial charge in [-0.1, -0.05) is 54.3 Å². The van der Waals surface area contributed by atoms with Gasteiger partial charge in [0.1, 0.15) is 0 Å². The molecular weight excluding hydrogens is 192 g/mol. The Morgan fingerprint density at radius 3 is 2.44 bits per heavy atom. The van der Waals surface area contributed by atoms with Gasteiger partial charge < -0.3 is 0 Å². The highest BCUT2D eigenvalue weighted by Crippen LogP contribution is 1.99. The van der Waals surface area contributed by atoms with E-state index in [0.717, 1.165) is 11.1 Å². The van der Waals surface area contributed by atoms with Gasteiger partial charge >= 0.3 is 0 Å². The summed E-state index contributed by atoms with van der Waals surface area (Å²) in [5, 5.41) is 0. The second-order valence-corrected chi connectivity index (χ2v) is 3.26. The molecule has 0 amide bonds. The molecule has 0 aliphatic carbocycles. The van der Waals surface area contributed by atoms with Crippen LogP contribution >= 0.6 is 0 Å². The standard InChI is InChI=1S/C16H16/c1-3-5-10-15(9-4-2)13-14-16-11-7-6-8-12-16/h3-12H,1-2H3/b5-3-,9-4-,15-10+. The van der Waals surface area contributed by atoms with Gasteiger partial charge in [0, 0.05) is 11.1 Å². The molecule has 0 bridgehead atoms. The fraction of sp³-hybridized carbons (Fsp3) is 0.125. The third-order valence-electron chi connectivity index (χ3n) is 1.94. The van der Waals surface area contributed by atoms with Crippen LogP contribution in [0.3, 0.4) is 0 Å². The molecule has 1 rings (SSSR count). The Morgan fingerprint density at radius 2 is 1.81 bits per heavy atom. The maximum Gasteiger partial charge on any atom is 0.0249 e. The van der Waals surface area contributed by atoms with E-state index >= 15 is 0 Å². The molecule has 16 heavy (non-hydrogen) atoms. The van der Waals surface area contributed by atoms with E-state index < -0.39 is 0 Å². The van der Waals surface area contributed by atoms with E-state index in [4.69, 9.17) is 0 Å². The van der Waals surface area contributed by atoms with Crippen molar-refractivity contribution in [1.82, 2.24) is 0 Å². The molecule has 0 fully saturated rings. The highest BCUT2D eigenvalue weighted by atomic mass is 13.9. The lowest BCUT2D eigenvalue weighted by atomic mass is 10.2. The summed E-state index contributed by atoms with van der Waals surface area (Å²) >= 11 is 0. The van der Waals surface area contributed by atoms with E-state index in [1.165, 1.54) is 0 Å². The summed E-state index contributed by atoms with van der Waals surface area (Å²) in [5.41, 5.74) is 2.06. The summed E-state index contributed by atoms with van der Waals surface area (Å²) in [5.74, 6) is 6.28. The molecule has 1 aromatic rings. The third kappa shape index (κ3) is 4.48. The Labute approximate surface area is 98.0 Å². The summed E-state index contributed by atoms with van der Waals surface area (Å²) in [7, 11) is 0. The molecule has 80 valence electrons. The van der Waals surface area contributed by atoms with Gasteiger partial charge in [0.05, 0.1) is 0 Å².